The number of carbonyl (C=O) groups excluding carboxylic acids is 1. The van der Waals surface area contributed by atoms with Gasteiger partial charge in [-0.25, -0.2) is 13.6 Å². The first-order valence-electron chi connectivity index (χ1n) is 4.40. The van der Waals surface area contributed by atoms with Gasteiger partial charge >= 0.3 is 5.97 Å². The van der Waals surface area contributed by atoms with Crippen LogP contribution in [0.1, 0.15) is 6.42 Å². The first-order valence-corrected chi connectivity index (χ1v) is 4.40. The first-order chi connectivity index (χ1) is 6.97. The first kappa shape index (κ1) is 12.1. The van der Waals surface area contributed by atoms with E-state index < -0.39 is 30.5 Å². The maximum atomic E-state index is 12.4. The zero-order valence-corrected chi connectivity index (χ0v) is 8.06. The number of hydrogen-bond donors (Lipinski definition) is 2. The lowest BCUT2D eigenvalue weighted by molar-refractivity contribution is -0.137. The number of halogens is 2. The molecule has 0 fully saturated rings. The lowest BCUT2D eigenvalue weighted by atomic mass is 9.85. The van der Waals surface area contributed by atoms with Crippen molar-refractivity contribution in [1.82, 2.24) is 0 Å². The van der Waals surface area contributed by atoms with Crippen LogP contribution >= 0.6 is 0 Å². The van der Waals surface area contributed by atoms with Crippen LogP contribution < -0.4 is 0 Å². The van der Waals surface area contributed by atoms with Gasteiger partial charge in [0.25, 0.3) is 0 Å². The number of rotatable bonds is 2. The standard InChI is InChI=1S/C9H12F2O4/c1-15-9(14)4-2-5(8(10)11)7(13)6(12)3-4/h3,5-8,12-13H,2H2,1H3/t5-,6-,7+/m1/s1. The molecular formula is C9H12F2O4. The maximum absolute atomic E-state index is 12.4. The van der Waals surface area contributed by atoms with Crippen LogP contribution in [0.2, 0.25) is 0 Å². The Hall–Kier alpha value is -1.01. The molecule has 0 aromatic rings. The van der Waals surface area contributed by atoms with Crippen molar-refractivity contribution in [2.45, 2.75) is 25.1 Å². The highest BCUT2D eigenvalue weighted by atomic mass is 19.3. The number of aliphatic hydroxyl groups excluding tert-OH is 2. The lowest BCUT2D eigenvalue weighted by Gasteiger charge is -2.29. The fourth-order valence-electron chi connectivity index (χ4n) is 1.52. The third-order valence-corrected chi connectivity index (χ3v) is 2.39. The van der Waals surface area contributed by atoms with Gasteiger partial charge in [-0.1, -0.05) is 0 Å². The topological polar surface area (TPSA) is 66.8 Å². The van der Waals surface area contributed by atoms with Crippen LogP contribution in [0.25, 0.3) is 0 Å². The Morgan fingerprint density at radius 3 is 2.67 bits per heavy atom. The summed E-state index contributed by atoms with van der Waals surface area (Å²) in [5.41, 5.74) is -0.0272. The van der Waals surface area contributed by atoms with Gasteiger partial charge in [-0.15, -0.1) is 0 Å². The summed E-state index contributed by atoms with van der Waals surface area (Å²) in [6.07, 6.45) is -5.02. The Morgan fingerprint density at radius 2 is 2.20 bits per heavy atom. The van der Waals surface area contributed by atoms with Crippen molar-refractivity contribution in [2.75, 3.05) is 7.11 Å². The van der Waals surface area contributed by atoms with Gasteiger partial charge in [0.1, 0.15) is 0 Å². The van der Waals surface area contributed by atoms with Gasteiger partial charge in [0.05, 0.1) is 25.2 Å². The SMILES string of the molecule is COC(=O)C1=C[C@@H](O)[C@@H](O)[C@H](C(F)F)C1. The third kappa shape index (κ3) is 2.51. The summed E-state index contributed by atoms with van der Waals surface area (Å²) in [5.74, 6) is -2.19. The molecule has 0 amide bonds. The smallest absolute Gasteiger partial charge is 0.333 e. The van der Waals surface area contributed by atoms with E-state index in [-0.39, 0.29) is 12.0 Å². The van der Waals surface area contributed by atoms with Gasteiger partial charge in [0.15, 0.2) is 0 Å². The Kier molecular flexibility index (Phi) is 3.76. The molecule has 0 heterocycles. The van der Waals surface area contributed by atoms with Crippen LogP contribution in [0, 0.1) is 5.92 Å². The van der Waals surface area contributed by atoms with Crippen LogP contribution in [0.4, 0.5) is 8.78 Å². The summed E-state index contributed by atoms with van der Waals surface area (Å²) in [7, 11) is 1.12. The number of alkyl halides is 2. The average molecular weight is 222 g/mol. The summed E-state index contributed by atoms with van der Waals surface area (Å²) in [6.45, 7) is 0. The molecule has 1 aliphatic rings. The zero-order chi connectivity index (χ0) is 11.6. The van der Waals surface area contributed by atoms with Crippen LogP contribution in [-0.4, -0.2) is 41.9 Å². The number of hydrogen-bond acceptors (Lipinski definition) is 4. The maximum Gasteiger partial charge on any atom is 0.333 e. The predicted molar refractivity (Wildman–Crippen MR) is 46.2 cm³/mol. The van der Waals surface area contributed by atoms with Gasteiger partial charge in [0, 0.05) is 5.57 Å². The minimum Gasteiger partial charge on any atom is -0.466 e. The lowest BCUT2D eigenvalue weighted by Crippen LogP contribution is -2.40. The van der Waals surface area contributed by atoms with E-state index in [1.165, 1.54) is 0 Å². The molecule has 0 bridgehead atoms. The number of methoxy groups -OCH3 is 1. The van der Waals surface area contributed by atoms with Crippen molar-refractivity contribution in [1.29, 1.82) is 0 Å². The molecule has 0 spiro atoms. The summed E-state index contributed by atoms with van der Waals surface area (Å²) in [4.78, 5) is 11.1. The van der Waals surface area contributed by atoms with Crippen molar-refractivity contribution >= 4 is 5.97 Å². The van der Waals surface area contributed by atoms with Gasteiger partial charge in [-0.2, -0.15) is 0 Å². The van der Waals surface area contributed by atoms with E-state index in [0.29, 0.717) is 0 Å². The molecule has 1 aliphatic carbocycles. The quantitative estimate of drug-likeness (QED) is 0.650. The molecule has 0 unspecified atom stereocenters. The highest BCUT2D eigenvalue weighted by Gasteiger charge is 2.38. The third-order valence-electron chi connectivity index (χ3n) is 2.39. The van der Waals surface area contributed by atoms with Crippen LogP contribution in [0.15, 0.2) is 11.6 Å². The van der Waals surface area contributed by atoms with Gasteiger partial charge in [0.2, 0.25) is 6.43 Å². The second kappa shape index (κ2) is 4.67. The van der Waals surface area contributed by atoms with Gasteiger partial charge < -0.3 is 14.9 Å². The van der Waals surface area contributed by atoms with E-state index in [1.54, 1.807) is 0 Å². The van der Waals surface area contributed by atoms with E-state index in [1.807, 2.05) is 0 Å². The van der Waals surface area contributed by atoms with Crippen molar-refractivity contribution in [3.8, 4) is 0 Å². The summed E-state index contributed by atoms with van der Waals surface area (Å²) in [5, 5.41) is 18.5. The number of ether oxygens (including phenoxy) is 1. The number of carbonyl (C=O) groups is 1. The Morgan fingerprint density at radius 1 is 1.60 bits per heavy atom. The molecule has 0 saturated carbocycles. The normalized spacial score (nSPS) is 31.3. The average Bonchev–Trinajstić information content (AvgIpc) is 2.20. The number of aliphatic hydroxyl groups is 2. The fourth-order valence-corrected chi connectivity index (χ4v) is 1.52. The predicted octanol–water partition coefficient (Wildman–Crippen LogP) is 0.0926. The molecule has 4 nitrogen and oxygen atoms in total. The minimum atomic E-state index is -2.79. The van der Waals surface area contributed by atoms with Crippen LogP contribution in [-0.2, 0) is 9.53 Å². The minimum absolute atomic E-state index is 0.0272. The molecular weight excluding hydrogens is 210 g/mol. The van der Waals surface area contributed by atoms with Gasteiger partial charge in [-0.05, 0) is 12.5 Å². The molecule has 1 rings (SSSR count). The van der Waals surface area contributed by atoms with Crippen molar-refractivity contribution in [2.24, 2.45) is 5.92 Å². The largest absolute Gasteiger partial charge is 0.466 e. The van der Waals surface area contributed by atoms with E-state index in [0.717, 1.165) is 13.2 Å². The number of esters is 1. The Balaban J connectivity index is 2.86. The highest BCUT2D eigenvalue weighted by molar-refractivity contribution is 5.88. The molecule has 0 aromatic heterocycles. The van der Waals surface area contributed by atoms with Crippen molar-refractivity contribution < 1.29 is 28.5 Å². The molecule has 6 heteroatoms. The van der Waals surface area contributed by atoms with E-state index in [4.69, 9.17) is 0 Å². The monoisotopic (exact) mass is 222 g/mol. The second-order valence-corrected chi connectivity index (χ2v) is 3.37. The fraction of sp³-hybridized carbons (Fsp3) is 0.667. The molecule has 2 N–H and O–H groups in total. The Labute approximate surface area is 85.2 Å². The zero-order valence-electron chi connectivity index (χ0n) is 8.06. The van der Waals surface area contributed by atoms with Crippen molar-refractivity contribution in [3.63, 3.8) is 0 Å². The second-order valence-electron chi connectivity index (χ2n) is 3.37. The van der Waals surface area contributed by atoms with Gasteiger partial charge in [-0.3, -0.25) is 0 Å². The Bertz CT molecular complexity index is 277. The summed E-state index contributed by atoms with van der Waals surface area (Å²) >= 11 is 0. The summed E-state index contributed by atoms with van der Waals surface area (Å²) < 4.78 is 29.2. The van der Waals surface area contributed by atoms with Crippen LogP contribution in [0.3, 0.4) is 0 Å². The molecule has 0 aliphatic heterocycles. The van der Waals surface area contributed by atoms with E-state index >= 15 is 0 Å². The molecule has 0 radical (unpaired) electrons. The molecule has 86 valence electrons. The molecule has 0 saturated heterocycles. The molecule has 0 aromatic carbocycles. The highest BCUT2D eigenvalue weighted by Crippen LogP contribution is 2.30. The summed E-state index contributed by atoms with van der Waals surface area (Å²) in [6, 6.07) is 0. The van der Waals surface area contributed by atoms with Crippen LogP contribution in [0.5, 0.6) is 0 Å². The van der Waals surface area contributed by atoms with E-state index in [2.05, 4.69) is 4.74 Å². The molecule has 3 atom stereocenters. The van der Waals surface area contributed by atoms with E-state index in [9.17, 15) is 23.8 Å². The molecule has 15 heavy (non-hydrogen) atoms. The van der Waals surface area contributed by atoms with Crippen molar-refractivity contribution in [3.05, 3.63) is 11.6 Å².